The molecule has 0 unspecified atom stereocenters. The van der Waals surface area contributed by atoms with Crippen molar-refractivity contribution >= 4 is 23.2 Å². The van der Waals surface area contributed by atoms with Crippen LogP contribution in [0.25, 0.3) is 5.65 Å². The lowest BCUT2D eigenvalue weighted by Gasteiger charge is -2.10. The molecule has 0 bridgehead atoms. The first-order valence-corrected chi connectivity index (χ1v) is 8.69. The van der Waals surface area contributed by atoms with Gasteiger partial charge in [0, 0.05) is 36.8 Å². The van der Waals surface area contributed by atoms with Crippen LogP contribution in [0.4, 0.5) is 17.6 Å². The highest BCUT2D eigenvalue weighted by molar-refractivity contribution is 5.59. The Balaban J connectivity index is 1.45. The number of fused-ring (bicyclic) bond motifs is 1. The first-order chi connectivity index (χ1) is 12.8. The standard InChI is InChI=1S/C19H21N7/c1-14-12-17(25-24-14)23-19-22-16(13-18-21-10-11-26(18)19)20-9-5-8-15-6-3-2-4-7-15/h2-4,6-7,10-13,20H,5,8-9H2,1H3,(H2,22,23,24,25). The van der Waals surface area contributed by atoms with Gasteiger partial charge in [0.15, 0.2) is 5.82 Å². The van der Waals surface area contributed by atoms with E-state index < -0.39 is 0 Å². The van der Waals surface area contributed by atoms with Crippen LogP contribution in [0.1, 0.15) is 17.7 Å². The molecule has 0 saturated heterocycles. The van der Waals surface area contributed by atoms with Gasteiger partial charge in [0.2, 0.25) is 5.95 Å². The number of nitrogens with zero attached hydrogens (tertiary/aromatic N) is 4. The van der Waals surface area contributed by atoms with Gasteiger partial charge in [-0.15, -0.1) is 0 Å². The summed E-state index contributed by atoms with van der Waals surface area (Å²) in [7, 11) is 0. The van der Waals surface area contributed by atoms with Gasteiger partial charge < -0.3 is 10.6 Å². The van der Waals surface area contributed by atoms with E-state index in [9.17, 15) is 0 Å². The van der Waals surface area contributed by atoms with E-state index in [0.717, 1.165) is 42.4 Å². The fraction of sp³-hybridized carbons (Fsp3) is 0.211. The molecule has 0 aliphatic heterocycles. The zero-order valence-electron chi connectivity index (χ0n) is 14.6. The maximum Gasteiger partial charge on any atom is 0.216 e. The summed E-state index contributed by atoms with van der Waals surface area (Å²) in [5, 5.41) is 13.8. The van der Waals surface area contributed by atoms with Crippen molar-refractivity contribution in [1.29, 1.82) is 0 Å². The zero-order chi connectivity index (χ0) is 17.8. The molecular weight excluding hydrogens is 326 g/mol. The van der Waals surface area contributed by atoms with Gasteiger partial charge in [-0.25, -0.2) is 4.98 Å². The van der Waals surface area contributed by atoms with E-state index in [-0.39, 0.29) is 0 Å². The summed E-state index contributed by atoms with van der Waals surface area (Å²) in [6, 6.07) is 14.4. The van der Waals surface area contributed by atoms with Crippen molar-refractivity contribution in [3.63, 3.8) is 0 Å². The van der Waals surface area contributed by atoms with E-state index in [4.69, 9.17) is 0 Å². The van der Waals surface area contributed by atoms with Crippen molar-refractivity contribution in [3.8, 4) is 0 Å². The van der Waals surface area contributed by atoms with Crippen LogP contribution >= 0.6 is 0 Å². The number of benzene rings is 1. The molecule has 132 valence electrons. The lowest BCUT2D eigenvalue weighted by atomic mass is 10.1. The Morgan fingerprint density at radius 2 is 2.00 bits per heavy atom. The van der Waals surface area contributed by atoms with Crippen LogP contribution < -0.4 is 10.6 Å². The van der Waals surface area contributed by atoms with E-state index in [0.29, 0.717) is 5.95 Å². The van der Waals surface area contributed by atoms with Crippen molar-refractivity contribution in [1.82, 2.24) is 24.6 Å². The van der Waals surface area contributed by atoms with E-state index in [1.165, 1.54) is 5.56 Å². The normalized spacial score (nSPS) is 11.0. The molecule has 3 N–H and O–H groups in total. The quantitative estimate of drug-likeness (QED) is 0.445. The molecule has 0 radical (unpaired) electrons. The number of imidazole rings is 1. The average molecular weight is 347 g/mol. The van der Waals surface area contributed by atoms with Crippen LogP contribution in [0.2, 0.25) is 0 Å². The third kappa shape index (κ3) is 3.66. The number of anilines is 3. The lowest BCUT2D eigenvalue weighted by molar-refractivity contribution is 0.858. The van der Waals surface area contributed by atoms with Crippen molar-refractivity contribution < 1.29 is 0 Å². The fourth-order valence-electron chi connectivity index (χ4n) is 2.85. The maximum absolute atomic E-state index is 4.67. The third-order valence-corrected chi connectivity index (χ3v) is 4.13. The number of aromatic amines is 1. The van der Waals surface area contributed by atoms with Gasteiger partial charge in [-0.3, -0.25) is 9.50 Å². The molecule has 7 nitrogen and oxygen atoms in total. The predicted octanol–water partition coefficient (Wildman–Crippen LogP) is 3.55. The summed E-state index contributed by atoms with van der Waals surface area (Å²) >= 11 is 0. The second kappa shape index (κ2) is 7.26. The molecule has 4 rings (SSSR count). The molecule has 4 aromatic rings. The molecule has 0 atom stereocenters. The van der Waals surface area contributed by atoms with Crippen LogP contribution in [-0.4, -0.2) is 31.1 Å². The minimum atomic E-state index is 0.678. The van der Waals surface area contributed by atoms with E-state index in [1.54, 1.807) is 6.20 Å². The largest absolute Gasteiger partial charge is 0.370 e. The van der Waals surface area contributed by atoms with Gasteiger partial charge in [-0.2, -0.15) is 10.1 Å². The van der Waals surface area contributed by atoms with Crippen LogP contribution in [0.5, 0.6) is 0 Å². The maximum atomic E-state index is 4.67. The van der Waals surface area contributed by atoms with Crippen LogP contribution in [0, 0.1) is 6.92 Å². The molecular formula is C19H21N7. The summed E-state index contributed by atoms with van der Waals surface area (Å²) in [6.45, 7) is 2.81. The summed E-state index contributed by atoms with van der Waals surface area (Å²) in [4.78, 5) is 9.05. The van der Waals surface area contributed by atoms with Crippen molar-refractivity contribution in [2.45, 2.75) is 19.8 Å². The van der Waals surface area contributed by atoms with Gasteiger partial charge in [0.05, 0.1) is 0 Å². The molecule has 0 amide bonds. The second-order valence-electron chi connectivity index (χ2n) is 6.20. The smallest absolute Gasteiger partial charge is 0.216 e. The summed E-state index contributed by atoms with van der Waals surface area (Å²) < 4.78 is 1.90. The van der Waals surface area contributed by atoms with Gasteiger partial charge in [0.25, 0.3) is 0 Å². The average Bonchev–Trinajstić information content (AvgIpc) is 3.28. The topological polar surface area (TPSA) is 82.9 Å². The van der Waals surface area contributed by atoms with E-state index in [1.807, 2.05) is 35.7 Å². The highest BCUT2D eigenvalue weighted by Gasteiger charge is 2.08. The van der Waals surface area contributed by atoms with Gasteiger partial charge >= 0.3 is 0 Å². The Hall–Kier alpha value is -3.35. The van der Waals surface area contributed by atoms with Gasteiger partial charge in [-0.1, -0.05) is 30.3 Å². The molecule has 3 heterocycles. The number of rotatable bonds is 7. The number of aryl methyl sites for hydroxylation is 2. The molecule has 0 spiro atoms. The minimum absolute atomic E-state index is 0.678. The number of hydrogen-bond acceptors (Lipinski definition) is 5. The van der Waals surface area contributed by atoms with Crippen LogP contribution in [0.15, 0.2) is 54.9 Å². The lowest BCUT2D eigenvalue weighted by Crippen LogP contribution is -2.08. The Kier molecular flexibility index (Phi) is 4.51. The SMILES string of the molecule is Cc1cc(Nc2nc(NCCCc3ccccc3)cc3nccn23)n[nH]1. The Bertz CT molecular complexity index is 987. The summed E-state index contributed by atoms with van der Waals surface area (Å²) in [5.74, 6) is 2.20. The van der Waals surface area contributed by atoms with Crippen molar-refractivity contribution in [2.75, 3.05) is 17.2 Å². The van der Waals surface area contributed by atoms with Crippen molar-refractivity contribution in [2.24, 2.45) is 0 Å². The molecule has 0 aliphatic carbocycles. The summed E-state index contributed by atoms with van der Waals surface area (Å²) in [6.07, 6.45) is 5.71. The molecule has 0 fully saturated rings. The highest BCUT2D eigenvalue weighted by Crippen LogP contribution is 2.18. The Labute approximate surface area is 151 Å². The molecule has 3 aromatic heterocycles. The van der Waals surface area contributed by atoms with E-state index >= 15 is 0 Å². The second-order valence-corrected chi connectivity index (χ2v) is 6.20. The molecule has 1 aromatic carbocycles. The number of hydrogen-bond donors (Lipinski definition) is 3. The highest BCUT2D eigenvalue weighted by atomic mass is 15.3. The predicted molar refractivity (Wildman–Crippen MR) is 103 cm³/mol. The minimum Gasteiger partial charge on any atom is -0.370 e. The zero-order valence-corrected chi connectivity index (χ0v) is 14.6. The molecule has 26 heavy (non-hydrogen) atoms. The molecule has 0 saturated carbocycles. The molecule has 7 heteroatoms. The third-order valence-electron chi connectivity index (χ3n) is 4.13. The van der Waals surface area contributed by atoms with Crippen LogP contribution in [-0.2, 0) is 6.42 Å². The first kappa shape index (κ1) is 16.1. The number of nitrogens with one attached hydrogen (secondary N) is 3. The molecule has 0 aliphatic rings. The summed E-state index contributed by atoms with van der Waals surface area (Å²) in [5.41, 5.74) is 3.17. The number of H-pyrrole nitrogens is 1. The first-order valence-electron chi connectivity index (χ1n) is 8.69. The fourth-order valence-corrected chi connectivity index (χ4v) is 2.85. The Morgan fingerprint density at radius 1 is 1.12 bits per heavy atom. The van der Waals surface area contributed by atoms with E-state index in [2.05, 4.69) is 55.1 Å². The number of aromatic nitrogens is 5. The van der Waals surface area contributed by atoms with Crippen molar-refractivity contribution in [3.05, 3.63) is 66.1 Å². The Morgan fingerprint density at radius 3 is 2.81 bits per heavy atom. The van der Waals surface area contributed by atoms with Gasteiger partial charge in [-0.05, 0) is 25.3 Å². The van der Waals surface area contributed by atoms with Gasteiger partial charge in [0.1, 0.15) is 11.5 Å². The monoisotopic (exact) mass is 347 g/mol. The van der Waals surface area contributed by atoms with Crippen LogP contribution in [0.3, 0.4) is 0 Å².